The van der Waals surface area contributed by atoms with Gasteiger partial charge in [-0.15, -0.1) is 0 Å². The van der Waals surface area contributed by atoms with Gasteiger partial charge in [-0.1, -0.05) is 23.7 Å². The Kier molecular flexibility index (Phi) is 4.82. The van der Waals surface area contributed by atoms with E-state index in [2.05, 4.69) is 11.4 Å². The van der Waals surface area contributed by atoms with Crippen molar-refractivity contribution in [3.63, 3.8) is 0 Å². The highest BCUT2D eigenvalue weighted by atomic mass is 35.5. The van der Waals surface area contributed by atoms with E-state index in [4.69, 9.17) is 11.6 Å². The number of anilines is 2. The molecule has 25 heavy (non-hydrogen) atoms. The summed E-state index contributed by atoms with van der Waals surface area (Å²) in [5.74, 6) is -0.541. The summed E-state index contributed by atoms with van der Waals surface area (Å²) in [5, 5.41) is 3.47. The van der Waals surface area contributed by atoms with Crippen LogP contribution in [0.4, 0.5) is 11.4 Å². The van der Waals surface area contributed by atoms with E-state index in [1.807, 2.05) is 45.0 Å². The third-order valence-electron chi connectivity index (χ3n) is 4.45. The van der Waals surface area contributed by atoms with E-state index in [0.29, 0.717) is 17.3 Å². The predicted molar refractivity (Wildman–Crippen MR) is 101 cm³/mol. The van der Waals surface area contributed by atoms with Gasteiger partial charge in [0.25, 0.3) is 0 Å². The average molecular weight is 357 g/mol. The number of amides is 2. The minimum atomic E-state index is -0.367. The first-order chi connectivity index (χ1) is 11.8. The van der Waals surface area contributed by atoms with E-state index in [0.717, 1.165) is 22.4 Å². The lowest BCUT2D eigenvalue weighted by atomic mass is 10.1. The van der Waals surface area contributed by atoms with Crippen molar-refractivity contribution in [3.8, 4) is 0 Å². The smallest absolute Gasteiger partial charge is 0.229 e. The highest BCUT2D eigenvalue weighted by Crippen LogP contribution is 2.28. The molecular weight excluding hydrogens is 336 g/mol. The van der Waals surface area contributed by atoms with E-state index in [1.165, 1.54) is 0 Å². The van der Waals surface area contributed by atoms with Crippen LogP contribution in [0.5, 0.6) is 0 Å². The first kappa shape index (κ1) is 17.5. The molecule has 0 spiro atoms. The third-order valence-corrected chi connectivity index (χ3v) is 4.86. The monoisotopic (exact) mass is 356 g/mol. The zero-order valence-electron chi connectivity index (χ0n) is 14.6. The minimum Gasteiger partial charge on any atom is -0.326 e. The van der Waals surface area contributed by atoms with Crippen molar-refractivity contribution in [2.24, 2.45) is 5.92 Å². The third kappa shape index (κ3) is 3.85. The molecule has 2 amide bonds. The fraction of sp³-hybridized carbons (Fsp3) is 0.300. The molecular formula is C20H21ClN2O2. The number of hydrogen-bond donors (Lipinski definition) is 1. The van der Waals surface area contributed by atoms with Gasteiger partial charge in [-0.05, 0) is 61.7 Å². The maximum Gasteiger partial charge on any atom is 0.229 e. The molecule has 2 aromatic carbocycles. The second-order valence-electron chi connectivity index (χ2n) is 6.70. The summed E-state index contributed by atoms with van der Waals surface area (Å²) in [6, 6.07) is 11.4. The van der Waals surface area contributed by atoms with Crippen LogP contribution in [0, 0.1) is 26.7 Å². The molecule has 1 fully saturated rings. The van der Waals surface area contributed by atoms with Crippen LogP contribution in [0.1, 0.15) is 23.1 Å². The molecule has 0 saturated carbocycles. The molecule has 3 rings (SSSR count). The Balaban J connectivity index is 1.73. The molecule has 0 radical (unpaired) electrons. The lowest BCUT2D eigenvalue weighted by molar-refractivity contribution is -0.122. The van der Waals surface area contributed by atoms with Gasteiger partial charge in [0.15, 0.2) is 0 Å². The Morgan fingerprint density at radius 1 is 1.12 bits per heavy atom. The van der Waals surface area contributed by atoms with Crippen molar-refractivity contribution in [2.45, 2.75) is 27.2 Å². The summed E-state index contributed by atoms with van der Waals surface area (Å²) >= 11 is 6.10. The highest BCUT2D eigenvalue weighted by molar-refractivity contribution is 6.31. The molecule has 1 aliphatic rings. The Morgan fingerprint density at radius 3 is 2.44 bits per heavy atom. The summed E-state index contributed by atoms with van der Waals surface area (Å²) in [5.41, 5.74) is 4.67. The van der Waals surface area contributed by atoms with Gasteiger partial charge in [0.1, 0.15) is 0 Å². The number of carbonyl (C=O) groups is 2. The quantitative estimate of drug-likeness (QED) is 0.893. The molecule has 1 aliphatic heterocycles. The van der Waals surface area contributed by atoms with Crippen molar-refractivity contribution >= 4 is 34.8 Å². The van der Waals surface area contributed by atoms with Gasteiger partial charge >= 0.3 is 0 Å². The molecule has 130 valence electrons. The van der Waals surface area contributed by atoms with Crippen molar-refractivity contribution in [1.29, 1.82) is 0 Å². The maximum absolute atomic E-state index is 12.5. The average Bonchev–Trinajstić information content (AvgIpc) is 2.92. The van der Waals surface area contributed by atoms with Crippen LogP contribution in [0.2, 0.25) is 5.02 Å². The van der Waals surface area contributed by atoms with Crippen LogP contribution in [0.3, 0.4) is 0 Å². The van der Waals surface area contributed by atoms with Crippen LogP contribution in [0.25, 0.3) is 0 Å². The van der Waals surface area contributed by atoms with E-state index in [-0.39, 0.29) is 24.2 Å². The largest absolute Gasteiger partial charge is 0.326 e. The first-order valence-corrected chi connectivity index (χ1v) is 8.67. The minimum absolute atomic E-state index is 0.0212. The molecule has 2 aromatic rings. The van der Waals surface area contributed by atoms with Gasteiger partial charge in [-0.2, -0.15) is 0 Å². The zero-order chi connectivity index (χ0) is 18.1. The van der Waals surface area contributed by atoms with E-state index >= 15 is 0 Å². The second kappa shape index (κ2) is 6.89. The Bertz CT molecular complexity index is 827. The van der Waals surface area contributed by atoms with Gasteiger partial charge in [0.2, 0.25) is 11.8 Å². The Morgan fingerprint density at radius 2 is 1.80 bits per heavy atom. The van der Waals surface area contributed by atoms with Crippen LogP contribution < -0.4 is 10.2 Å². The van der Waals surface area contributed by atoms with Crippen molar-refractivity contribution in [2.75, 3.05) is 16.8 Å². The number of hydrogen-bond acceptors (Lipinski definition) is 2. The Labute approximate surface area is 152 Å². The molecule has 1 atom stereocenters. The number of nitrogens with one attached hydrogen (secondary N) is 1. The summed E-state index contributed by atoms with van der Waals surface area (Å²) in [6.07, 6.45) is 0.221. The van der Waals surface area contributed by atoms with E-state index in [9.17, 15) is 9.59 Å². The second-order valence-corrected chi connectivity index (χ2v) is 7.11. The van der Waals surface area contributed by atoms with Gasteiger partial charge < -0.3 is 10.2 Å². The van der Waals surface area contributed by atoms with E-state index in [1.54, 1.807) is 11.0 Å². The van der Waals surface area contributed by atoms with Gasteiger partial charge in [-0.25, -0.2) is 0 Å². The standard InChI is InChI=1S/C20H21ClN2O2/c1-12-6-13(2)8-17(7-12)23-11-15(9-19(23)24)20(25)22-16-5-4-14(3)18(21)10-16/h4-8,10,15H,9,11H2,1-3H3,(H,22,25)/t15-/m1/s1. The fourth-order valence-electron chi connectivity index (χ4n) is 3.15. The summed E-state index contributed by atoms with van der Waals surface area (Å²) in [4.78, 5) is 26.6. The molecule has 0 aliphatic carbocycles. The number of carbonyl (C=O) groups excluding carboxylic acids is 2. The fourth-order valence-corrected chi connectivity index (χ4v) is 3.33. The molecule has 5 heteroatoms. The van der Waals surface area contributed by atoms with E-state index < -0.39 is 0 Å². The first-order valence-electron chi connectivity index (χ1n) is 8.29. The SMILES string of the molecule is Cc1cc(C)cc(N2C[C@H](C(=O)Nc3ccc(C)c(Cl)c3)CC2=O)c1. The maximum atomic E-state index is 12.5. The van der Waals surface area contributed by atoms with Crippen LogP contribution in [-0.2, 0) is 9.59 Å². The predicted octanol–water partition coefficient (Wildman–Crippen LogP) is 4.26. The summed E-state index contributed by atoms with van der Waals surface area (Å²) in [6.45, 7) is 6.31. The zero-order valence-corrected chi connectivity index (χ0v) is 15.4. The topological polar surface area (TPSA) is 49.4 Å². The molecule has 1 saturated heterocycles. The van der Waals surface area contributed by atoms with Gasteiger partial charge in [0.05, 0.1) is 5.92 Å². The van der Waals surface area contributed by atoms with Crippen molar-refractivity contribution < 1.29 is 9.59 Å². The van der Waals surface area contributed by atoms with Crippen molar-refractivity contribution in [1.82, 2.24) is 0 Å². The summed E-state index contributed by atoms with van der Waals surface area (Å²) < 4.78 is 0. The van der Waals surface area contributed by atoms with Gasteiger partial charge in [-0.3, -0.25) is 9.59 Å². The lowest BCUT2D eigenvalue weighted by Gasteiger charge is -2.18. The lowest BCUT2D eigenvalue weighted by Crippen LogP contribution is -2.28. The van der Waals surface area contributed by atoms with Gasteiger partial charge in [0, 0.05) is 29.4 Å². The summed E-state index contributed by atoms with van der Waals surface area (Å²) in [7, 11) is 0. The number of benzene rings is 2. The Hall–Kier alpha value is -2.33. The molecule has 0 bridgehead atoms. The molecule has 1 N–H and O–H groups in total. The normalized spacial score (nSPS) is 17.0. The number of nitrogens with zero attached hydrogens (tertiary/aromatic N) is 1. The number of rotatable bonds is 3. The molecule has 4 nitrogen and oxygen atoms in total. The number of aryl methyl sites for hydroxylation is 3. The molecule has 0 unspecified atom stereocenters. The number of halogens is 1. The van der Waals surface area contributed by atoms with Crippen LogP contribution in [0.15, 0.2) is 36.4 Å². The molecule has 1 heterocycles. The molecule has 0 aromatic heterocycles. The van der Waals surface area contributed by atoms with Crippen molar-refractivity contribution in [3.05, 3.63) is 58.1 Å². The highest BCUT2D eigenvalue weighted by Gasteiger charge is 2.35. The van der Waals surface area contributed by atoms with Crippen LogP contribution in [-0.4, -0.2) is 18.4 Å². The van der Waals surface area contributed by atoms with Crippen LogP contribution >= 0.6 is 11.6 Å².